The molecule has 136 valence electrons. The van der Waals surface area contributed by atoms with E-state index in [9.17, 15) is 14.4 Å². The summed E-state index contributed by atoms with van der Waals surface area (Å²) in [7, 11) is 2.84. The highest BCUT2D eigenvalue weighted by Gasteiger charge is 2.30. The van der Waals surface area contributed by atoms with E-state index >= 15 is 0 Å². The minimum absolute atomic E-state index is 0.0581. The van der Waals surface area contributed by atoms with Crippen molar-refractivity contribution in [1.29, 1.82) is 0 Å². The summed E-state index contributed by atoms with van der Waals surface area (Å²) in [6, 6.07) is 7.24. The Labute approximate surface area is 147 Å². The lowest BCUT2D eigenvalue weighted by Gasteiger charge is -2.23. The third-order valence-electron chi connectivity index (χ3n) is 3.34. The van der Waals surface area contributed by atoms with Crippen LogP contribution in [0.15, 0.2) is 30.3 Å². The maximum atomic E-state index is 11.8. The third-order valence-corrected chi connectivity index (χ3v) is 3.34. The Kier molecular flexibility index (Phi) is 7.65. The highest BCUT2D eigenvalue weighted by atomic mass is 16.5. The number of hydrogen-bond acceptors (Lipinski definition) is 5. The van der Waals surface area contributed by atoms with Gasteiger partial charge in [-0.15, -0.1) is 0 Å². The van der Waals surface area contributed by atoms with Crippen LogP contribution in [0, 0.1) is 0 Å². The van der Waals surface area contributed by atoms with Crippen LogP contribution in [0.4, 0.5) is 0 Å². The minimum atomic E-state index is -1.11. The molecule has 0 unspecified atom stereocenters. The highest BCUT2D eigenvalue weighted by molar-refractivity contribution is 5.92. The predicted molar refractivity (Wildman–Crippen MR) is 93.9 cm³/mol. The van der Waals surface area contributed by atoms with E-state index in [1.165, 1.54) is 13.2 Å². The van der Waals surface area contributed by atoms with Crippen LogP contribution in [0.2, 0.25) is 0 Å². The number of amides is 2. The minimum Gasteiger partial charge on any atom is -0.497 e. The summed E-state index contributed by atoms with van der Waals surface area (Å²) in [5.41, 5.74) is -0.252. The first-order valence-corrected chi connectivity index (χ1v) is 7.78. The number of methoxy groups -OCH3 is 2. The Hall–Kier alpha value is -2.83. The molecule has 25 heavy (non-hydrogen) atoms. The van der Waals surface area contributed by atoms with Gasteiger partial charge in [0.25, 0.3) is 0 Å². The van der Waals surface area contributed by atoms with Crippen LogP contribution in [0.5, 0.6) is 5.75 Å². The zero-order chi connectivity index (χ0) is 18.9. The van der Waals surface area contributed by atoms with Crippen molar-refractivity contribution in [3.05, 3.63) is 35.9 Å². The van der Waals surface area contributed by atoms with Gasteiger partial charge >= 0.3 is 5.97 Å². The summed E-state index contributed by atoms with van der Waals surface area (Å²) in [5.74, 6) is -0.458. The van der Waals surface area contributed by atoms with Crippen LogP contribution in [0.3, 0.4) is 0 Å². The molecular weight excluding hydrogens is 324 g/mol. The topological polar surface area (TPSA) is 93.7 Å². The second-order valence-corrected chi connectivity index (χ2v) is 5.81. The Balaban J connectivity index is 2.37. The second kappa shape index (κ2) is 9.46. The molecule has 0 saturated carbocycles. The van der Waals surface area contributed by atoms with E-state index < -0.39 is 11.5 Å². The first-order chi connectivity index (χ1) is 11.8. The number of esters is 1. The summed E-state index contributed by atoms with van der Waals surface area (Å²) in [4.78, 5) is 35.0. The van der Waals surface area contributed by atoms with Gasteiger partial charge in [0.15, 0.2) is 0 Å². The number of rotatable bonds is 8. The van der Waals surface area contributed by atoms with Gasteiger partial charge in [-0.05, 0) is 37.6 Å². The zero-order valence-corrected chi connectivity index (χ0v) is 14.9. The molecule has 7 nitrogen and oxygen atoms in total. The monoisotopic (exact) mass is 348 g/mol. The van der Waals surface area contributed by atoms with Crippen molar-refractivity contribution in [2.24, 2.45) is 0 Å². The van der Waals surface area contributed by atoms with Gasteiger partial charge in [-0.3, -0.25) is 9.59 Å². The molecule has 0 aliphatic heterocycles. The average molecular weight is 348 g/mol. The standard InChI is InChI=1S/C18H24N2O5/c1-18(2,17(23)25-4)20-16(22)11-12-19-15(21)10-7-13-5-8-14(24-3)9-6-13/h5-10H,11-12H2,1-4H3,(H,19,21)(H,20,22)/b10-7+. The molecule has 1 aromatic carbocycles. The van der Waals surface area contributed by atoms with Crippen molar-refractivity contribution >= 4 is 23.9 Å². The number of nitrogens with one attached hydrogen (secondary N) is 2. The van der Waals surface area contributed by atoms with Gasteiger partial charge in [-0.25, -0.2) is 4.79 Å². The molecule has 2 amide bonds. The number of carbonyl (C=O) groups excluding carboxylic acids is 3. The Bertz CT molecular complexity index is 635. The molecule has 0 saturated heterocycles. The van der Waals surface area contributed by atoms with Crippen LogP contribution in [-0.4, -0.2) is 44.1 Å². The number of ether oxygens (including phenoxy) is 2. The second-order valence-electron chi connectivity index (χ2n) is 5.81. The van der Waals surface area contributed by atoms with Crippen molar-refractivity contribution in [1.82, 2.24) is 10.6 Å². The van der Waals surface area contributed by atoms with E-state index in [0.29, 0.717) is 0 Å². The molecule has 0 radical (unpaired) electrons. The lowest BCUT2D eigenvalue weighted by atomic mass is 10.1. The fourth-order valence-electron chi connectivity index (χ4n) is 1.96. The SMILES string of the molecule is COC(=O)C(C)(C)NC(=O)CCNC(=O)/C=C/c1ccc(OC)cc1. The number of hydrogen-bond donors (Lipinski definition) is 2. The van der Waals surface area contributed by atoms with Crippen molar-refractivity contribution in [3.8, 4) is 5.75 Å². The first kappa shape index (κ1) is 20.2. The molecule has 1 rings (SSSR count). The summed E-state index contributed by atoms with van der Waals surface area (Å²) in [6.45, 7) is 3.26. The summed E-state index contributed by atoms with van der Waals surface area (Å²) in [6.07, 6.45) is 3.11. The zero-order valence-electron chi connectivity index (χ0n) is 14.9. The van der Waals surface area contributed by atoms with Crippen LogP contribution in [0.1, 0.15) is 25.8 Å². The van der Waals surface area contributed by atoms with Gasteiger partial charge in [0, 0.05) is 19.0 Å². The molecule has 0 atom stereocenters. The van der Waals surface area contributed by atoms with Gasteiger partial charge in [-0.1, -0.05) is 12.1 Å². The molecule has 0 heterocycles. The van der Waals surface area contributed by atoms with E-state index in [-0.39, 0.29) is 24.8 Å². The van der Waals surface area contributed by atoms with Crippen LogP contribution < -0.4 is 15.4 Å². The van der Waals surface area contributed by atoms with E-state index in [0.717, 1.165) is 11.3 Å². The summed E-state index contributed by atoms with van der Waals surface area (Å²) >= 11 is 0. The van der Waals surface area contributed by atoms with Crippen molar-refractivity contribution in [2.75, 3.05) is 20.8 Å². The summed E-state index contributed by atoms with van der Waals surface area (Å²) < 4.78 is 9.66. The van der Waals surface area contributed by atoms with Crippen LogP contribution in [-0.2, 0) is 19.1 Å². The fourth-order valence-corrected chi connectivity index (χ4v) is 1.96. The fraction of sp³-hybridized carbons (Fsp3) is 0.389. The van der Waals surface area contributed by atoms with Crippen LogP contribution >= 0.6 is 0 Å². The van der Waals surface area contributed by atoms with Crippen LogP contribution in [0.25, 0.3) is 6.08 Å². The molecule has 1 aromatic rings. The first-order valence-electron chi connectivity index (χ1n) is 7.78. The maximum absolute atomic E-state index is 11.8. The Morgan fingerprint density at radius 2 is 1.76 bits per heavy atom. The smallest absolute Gasteiger partial charge is 0.330 e. The molecule has 2 N–H and O–H groups in total. The quantitative estimate of drug-likeness (QED) is 0.545. The average Bonchev–Trinajstić information content (AvgIpc) is 2.59. The van der Waals surface area contributed by atoms with E-state index in [1.54, 1.807) is 39.2 Å². The lowest BCUT2D eigenvalue weighted by molar-refractivity contribution is -0.149. The van der Waals surface area contributed by atoms with Gasteiger partial charge in [0.1, 0.15) is 11.3 Å². The molecule has 0 bridgehead atoms. The van der Waals surface area contributed by atoms with Gasteiger partial charge < -0.3 is 20.1 Å². The van der Waals surface area contributed by atoms with Crippen molar-refractivity contribution < 1.29 is 23.9 Å². The highest BCUT2D eigenvalue weighted by Crippen LogP contribution is 2.12. The maximum Gasteiger partial charge on any atom is 0.330 e. The molecular formula is C18H24N2O5. The molecule has 0 fully saturated rings. The van der Waals surface area contributed by atoms with E-state index in [1.807, 2.05) is 12.1 Å². The largest absolute Gasteiger partial charge is 0.497 e. The Morgan fingerprint density at radius 1 is 1.12 bits per heavy atom. The van der Waals surface area contributed by atoms with Gasteiger partial charge in [0.2, 0.25) is 11.8 Å². The van der Waals surface area contributed by atoms with Crippen molar-refractivity contribution in [2.45, 2.75) is 25.8 Å². The van der Waals surface area contributed by atoms with Gasteiger partial charge in [-0.2, -0.15) is 0 Å². The molecule has 0 aliphatic rings. The number of benzene rings is 1. The lowest BCUT2D eigenvalue weighted by Crippen LogP contribution is -2.50. The van der Waals surface area contributed by atoms with E-state index in [2.05, 4.69) is 15.4 Å². The molecule has 0 aromatic heterocycles. The van der Waals surface area contributed by atoms with Crippen molar-refractivity contribution in [3.63, 3.8) is 0 Å². The normalized spacial score (nSPS) is 11.0. The third kappa shape index (κ3) is 7.07. The summed E-state index contributed by atoms with van der Waals surface area (Å²) in [5, 5.41) is 5.16. The predicted octanol–water partition coefficient (Wildman–Crippen LogP) is 1.28. The molecule has 0 spiro atoms. The molecule has 0 aliphatic carbocycles. The number of carbonyl (C=O) groups is 3. The van der Waals surface area contributed by atoms with E-state index in [4.69, 9.17) is 4.74 Å². The molecule has 7 heteroatoms. The Morgan fingerprint density at radius 3 is 2.32 bits per heavy atom. The van der Waals surface area contributed by atoms with Gasteiger partial charge in [0.05, 0.1) is 14.2 Å².